The minimum absolute atomic E-state index is 0.0954. The van der Waals surface area contributed by atoms with Crippen LogP contribution >= 0.6 is 0 Å². The fourth-order valence-electron chi connectivity index (χ4n) is 4.99. The summed E-state index contributed by atoms with van der Waals surface area (Å²) in [7, 11) is 0. The van der Waals surface area contributed by atoms with Gasteiger partial charge < -0.3 is 14.3 Å². The van der Waals surface area contributed by atoms with Gasteiger partial charge in [-0.2, -0.15) is 0 Å². The highest BCUT2D eigenvalue weighted by atomic mass is 16.3. The molecule has 0 spiro atoms. The van der Waals surface area contributed by atoms with E-state index in [1.165, 1.54) is 6.42 Å². The van der Waals surface area contributed by atoms with Gasteiger partial charge in [0.1, 0.15) is 11.2 Å². The van der Waals surface area contributed by atoms with E-state index in [1.54, 1.807) is 17.2 Å². The van der Waals surface area contributed by atoms with Crippen molar-refractivity contribution in [3.05, 3.63) is 53.9 Å². The van der Waals surface area contributed by atoms with Crippen molar-refractivity contribution in [2.24, 2.45) is 0 Å². The Kier molecular flexibility index (Phi) is 4.45. The summed E-state index contributed by atoms with van der Waals surface area (Å²) in [4.78, 5) is 29.1. The number of nitrogens with zero attached hydrogens (tertiary/aromatic N) is 2. The maximum Gasteiger partial charge on any atom is 0.276 e. The lowest BCUT2D eigenvalue weighted by Gasteiger charge is -2.45. The van der Waals surface area contributed by atoms with Crippen LogP contribution in [-0.2, 0) is 11.3 Å². The smallest absolute Gasteiger partial charge is 0.276 e. The van der Waals surface area contributed by atoms with Gasteiger partial charge in [-0.05, 0) is 38.3 Å². The zero-order valence-corrected chi connectivity index (χ0v) is 17.5. The summed E-state index contributed by atoms with van der Waals surface area (Å²) < 4.78 is 7.47. The molecule has 0 radical (unpaired) electrons. The Hall–Kier alpha value is -3.02. The molecule has 2 amide bonds. The van der Waals surface area contributed by atoms with Crippen LogP contribution in [-0.4, -0.2) is 28.0 Å². The lowest BCUT2D eigenvalue weighted by Crippen LogP contribution is -2.65. The number of anilines is 1. The molecule has 1 atom stereocenters. The van der Waals surface area contributed by atoms with Crippen molar-refractivity contribution in [1.82, 2.24) is 9.88 Å². The molecule has 6 heteroatoms. The van der Waals surface area contributed by atoms with E-state index >= 15 is 0 Å². The second-order valence-electron chi connectivity index (χ2n) is 8.80. The molecule has 1 aromatic carbocycles. The molecule has 1 fully saturated rings. The second-order valence-corrected chi connectivity index (χ2v) is 8.80. The van der Waals surface area contributed by atoms with Crippen molar-refractivity contribution >= 4 is 28.6 Å². The van der Waals surface area contributed by atoms with Crippen LogP contribution in [0.15, 0.2) is 47.1 Å². The van der Waals surface area contributed by atoms with Gasteiger partial charge in [-0.1, -0.05) is 37.5 Å². The van der Waals surface area contributed by atoms with Crippen LogP contribution in [0.1, 0.15) is 55.1 Å². The van der Waals surface area contributed by atoms with Crippen LogP contribution in [0.25, 0.3) is 11.1 Å². The third-order valence-corrected chi connectivity index (χ3v) is 6.69. The second kappa shape index (κ2) is 7.04. The zero-order valence-electron chi connectivity index (χ0n) is 17.5. The highest BCUT2D eigenvalue weighted by Gasteiger charge is 2.49. The monoisotopic (exact) mass is 405 g/mol. The number of nitrogens with one attached hydrogen (secondary N) is 1. The van der Waals surface area contributed by atoms with E-state index in [-0.39, 0.29) is 17.9 Å². The van der Waals surface area contributed by atoms with E-state index in [0.717, 1.165) is 42.5 Å². The summed E-state index contributed by atoms with van der Waals surface area (Å²) >= 11 is 0. The van der Waals surface area contributed by atoms with Gasteiger partial charge in [0.2, 0.25) is 5.91 Å². The summed E-state index contributed by atoms with van der Waals surface area (Å²) in [5.74, 6) is -0.273. The summed E-state index contributed by atoms with van der Waals surface area (Å²) in [6, 6.07) is 11.6. The lowest BCUT2D eigenvalue weighted by atomic mass is 9.90. The summed E-state index contributed by atoms with van der Waals surface area (Å²) in [6.45, 7) is 4.23. The van der Waals surface area contributed by atoms with Crippen molar-refractivity contribution in [1.29, 1.82) is 0 Å². The molecule has 0 saturated heterocycles. The molecule has 5 rings (SSSR count). The number of carbonyl (C=O) groups excluding carboxylic acids is 2. The Morgan fingerprint density at radius 1 is 1.17 bits per heavy atom. The quantitative estimate of drug-likeness (QED) is 0.702. The number of benzene rings is 1. The molecule has 0 bridgehead atoms. The molecular weight excluding hydrogens is 378 g/mol. The highest BCUT2D eigenvalue weighted by Crippen LogP contribution is 2.37. The van der Waals surface area contributed by atoms with Crippen LogP contribution in [0.3, 0.4) is 0 Å². The number of para-hydroxylation sites is 1. The summed E-state index contributed by atoms with van der Waals surface area (Å²) in [6.07, 6.45) is 7.12. The van der Waals surface area contributed by atoms with Crippen molar-refractivity contribution in [2.75, 3.05) is 4.90 Å². The van der Waals surface area contributed by atoms with Gasteiger partial charge in [-0.25, -0.2) is 0 Å². The number of amides is 2. The zero-order chi connectivity index (χ0) is 20.9. The van der Waals surface area contributed by atoms with Gasteiger partial charge in [0.05, 0.1) is 18.3 Å². The number of carbonyl (C=O) groups is 2. The minimum Gasteiger partial charge on any atom is -0.463 e. The number of hydrogen-bond donors (Lipinski definition) is 1. The maximum atomic E-state index is 13.7. The van der Waals surface area contributed by atoms with Crippen molar-refractivity contribution in [2.45, 2.75) is 64.1 Å². The van der Waals surface area contributed by atoms with Gasteiger partial charge in [-0.3, -0.25) is 14.5 Å². The third kappa shape index (κ3) is 2.85. The van der Waals surface area contributed by atoms with E-state index in [2.05, 4.69) is 5.32 Å². The number of aromatic nitrogens is 1. The number of aryl methyl sites for hydroxylation is 1. The Morgan fingerprint density at radius 2 is 1.93 bits per heavy atom. The van der Waals surface area contributed by atoms with Gasteiger partial charge in [0.15, 0.2) is 5.58 Å². The number of fused-ring (bicyclic) bond motifs is 3. The van der Waals surface area contributed by atoms with E-state index in [9.17, 15) is 9.59 Å². The number of furan rings is 1. The summed E-state index contributed by atoms with van der Waals surface area (Å²) in [5, 5.41) is 3.26. The number of hydrogen-bond acceptors (Lipinski definition) is 3. The fraction of sp³-hybridized carbons (Fsp3) is 0.417. The largest absolute Gasteiger partial charge is 0.463 e. The first-order valence-electron chi connectivity index (χ1n) is 10.8. The first kappa shape index (κ1) is 19.0. The first-order chi connectivity index (χ1) is 14.5. The van der Waals surface area contributed by atoms with Crippen LogP contribution < -0.4 is 10.2 Å². The molecule has 6 nitrogen and oxygen atoms in total. The molecule has 0 unspecified atom stereocenters. The van der Waals surface area contributed by atoms with Crippen LogP contribution in [0.4, 0.5) is 5.69 Å². The Bertz CT molecular complexity index is 1120. The Labute approximate surface area is 175 Å². The molecule has 156 valence electrons. The molecule has 3 heterocycles. The van der Waals surface area contributed by atoms with Gasteiger partial charge in [-0.15, -0.1) is 0 Å². The van der Waals surface area contributed by atoms with Gasteiger partial charge >= 0.3 is 0 Å². The molecule has 2 aliphatic rings. The fourth-order valence-corrected chi connectivity index (χ4v) is 4.99. The molecule has 1 aliphatic carbocycles. The highest BCUT2D eigenvalue weighted by molar-refractivity contribution is 6.14. The van der Waals surface area contributed by atoms with E-state index < -0.39 is 5.54 Å². The van der Waals surface area contributed by atoms with Gasteiger partial charge in [0.25, 0.3) is 5.91 Å². The Balaban J connectivity index is 1.61. The molecule has 3 aromatic rings. The lowest BCUT2D eigenvalue weighted by molar-refractivity contribution is -0.127. The molecule has 30 heavy (non-hydrogen) atoms. The Morgan fingerprint density at radius 3 is 2.70 bits per heavy atom. The maximum absolute atomic E-state index is 13.7. The van der Waals surface area contributed by atoms with Crippen LogP contribution in [0.5, 0.6) is 0 Å². The predicted molar refractivity (Wildman–Crippen MR) is 116 cm³/mol. The van der Waals surface area contributed by atoms with Gasteiger partial charge in [0, 0.05) is 23.9 Å². The van der Waals surface area contributed by atoms with Crippen molar-refractivity contribution < 1.29 is 14.0 Å². The first-order valence-corrected chi connectivity index (χ1v) is 10.8. The van der Waals surface area contributed by atoms with Crippen LogP contribution in [0, 0.1) is 6.92 Å². The van der Waals surface area contributed by atoms with Crippen molar-refractivity contribution in [3.8, 4) is 0 Å². The average molecular weight is 405 g/mol. The molecule has 2 aromatic heterocycles. The van der Waals surface area contributed by atoms with E-state index in [1.807, 2.05) is 48.7 Å². The SMILES string of the molecule is Cc1ccccc1N1C(=O)c2cc3occc3n2C[C@]1(C)C(=O)NC1CCCCC1. The molecule has 1 N–H and O–H groups in total. The molecule has 1 aliphatic heterocycles. The van der Waals surface area contributed by atoms with E-state index in [4.69, 9.17) is 4.42 Å². The van der Waals surface area contributed by atoms with Crippen molar-refractivity contribution in [3.63, 3.8) is 0 Å². The topological polar surface area (TPSA) is 67.5 Å². The number of rotatable bonds is 3. The third-order valence-electron chi connectivity index (χ3n) is 6.69. The minimum atomic E-state index is -1.04. The average Bonchev–Trinajstić information content (AvgIpc) is 3.33. The standard InChI is InChI=1S/C24H27N3O3/c1-16-8-6-7-11-18(16)27-22(28)20-14-21-19(12-13-30-21)26(20)15-24(27,2)23(29)25-17-9-4-3-5-10-17/h6-8,11-14,17H,3-5,9-10,15H2,1-2H3,(H,25,29)/t24-/m1/s1. The van der Waals surface area contributed by atoms with Crippen LogP contribution in [0.2, 0.25) is 0 Å². The van der Waals surface area contributed by atoms with E-state index in [0.29, 0.717) is 17.8 Å². The summed E-state index contributed by atoms with van der Waals surface area (Å²) in [5.41, 5.74) is 2.76. The molecule has 1 saturated carbocycles. The normalized spacial score (nSPS) is 22.3. The predicted octanol–water partition coefficient (Wildman–Crippen LogP) is 4.41. The molecular formula is C24H27N3O3.